The molecule has 2 aromatic carbocycles. The van der Waals surface area contributed by atoms with Gasteiger partial charge in [0.15, 0.2) is 0 Å². The molecule has 18 heavy (non-hydrogen) atoms. The zero-order valence-electron chi connectivity index (χ0n) is 8.95. The standard InChI is InChI=1S/C13H6BrCl2NS/c14-11-3-1-2-10(13(11)18-7-17)9-5-4-8(15)6-12(9)16/h1-6H. The highest BCUT2D eigenvalue weighted by Crippen LogP contribution is 2.40. The van der Waals surface area contributed by atoms with Gasteiger partial charge in [-0.3, -0.25) is 0 Å². The summed E-state index contributed by atoms with van der Waals surface area (Å²) < 4.78 is 0.873. The Hall–Kier alpha value is -0.660. The van der Waals surface area contributed by atoms with E-state index in [9.17, 15) is 0 Å². The van der Waals surface area contributed by atoms with Crippen molar-refractivity contribution in [3.8, 4) is 16.5 Å². The van der Waals surface area contributed by atoms with Crippen LogP contribution in [-0.4, -0.2) is 0 Å². The smallest absolute Gasteiger partial charge is 0.138 e. The molecule has 1 nitrogen and oxygen atoms in total. The van der Waals surface area contributed by atoms with Crippen LogP contribution in [0.25, 0.3) is 11.1 Å². The van der Waals surface area contributed by atoms with Gasteiger partial charge in [-0.05, 0) is 51.5 Å². The lowest BCUT2D eigenvalue weighted by molar-refractivity contribution is 1.40. The molecule has 0 fully saturated rings. The summed E-state index contributed by atoms with van der Waals surface area (Å²) in [5, 5.41) is 12.1. The van der Waals surface area contributed by atoms with Crippen LogP contribution < -0.4 is 0 Å². The minimum Gasteiger partial charge on any atom is -0.185 e. The Kier molecular flexibility index (Phi) is 4.58. The van der Waals surface area contributed by atoms with Crippen LogP contribution in [-0.2, 0) is 0 Å². The molecule has 0 saturated carbocycles. The maximum atomic E-state index is 8.87. The molecule has 0 saturated heterocycles. The fourth-order valence-corrected chi connectivity index (χ4v) is 3.24. The zero-order valence-corrected chi connectivity index (χ0v) is 12.9. The van der Waals surface area contributed by atoms with Crippen LogP contribution in [0.2, 0.25) is 10.0 Å². The monoisotopic (exact) mass is 357 g/mol. The van der Waals surface area contributed by atoms with Gasteiger partial charge in [0.05, 0.1) is 0 Å². The Morgan fingerprint density at radius 1 is 1.11 bits per heavy atom. The number of nitriles is 1. The largest absolute Gasteiger partial charge is 0.185 e. The van der Waals surface area contributed by atoms with Crippen molar-refractivity contribution in [3.05, 3.63) is 50.9 Å². The molecule has 0 aliphatic heterocycles. The predicted molar refractivity (Wildman–Crippen MR) is 81.1 cm³/mol. The second kappa shape index (κ2) is 5.99. The average Bonchev–Trinajstić information content (AvgIpc) is 2.32. The van der Waals surface area contributed by atoms with Crippen LogP contribution in [0.4, 0.5) is 0 Å². The number of thiocyanates is 1. The van der Waals surface area contributed by atoms with Crippen molar-refractivity contribution in [1.82, 2.24) is 0 Å². The molecule has 0 unspecified atom stereocenters. The third kappa shape index (κ3) is 2.84. The molecule has 0 N–H and O–H groups in total. The van der Waals surface area contributed by atoms with Gasteiger partial charge in [0.2, 0.25) is 0 Å². The first-order valence-corrected chi connectivity index (χ1v) is 7.30. The molecule has 0 aliphatic rings. The Labute approximate surface area is 128 Å². The highest BCUT2D eigenvalue weighted by Gasteiger charge is 2.12. The van der Waals surface area contributed by atoms with Crippen LogP contribution in [0.3, 0.4) is 0 Å². The van der Waals surface area contributed by atoms with Gasteiger partial charge in [-0.2, -0.15) is 5.26 Å². The average molecular weight is 359 g/mol. The Morgan fingerprint density at radius 2 is 1.89 bits per heavy atom. The second-order valence-corrected chi connectivity index (χ2v) is 5.93. The number of thioether (sulfide) groups is 1. The summed E-state index contributed by atoms with van der Waals surface area (Å²) in [6.45, 7) is 0. The summed E-state index contributed by atoms with van der Waals surface area (Å²) in [6, 6.07) is 11.1. The lowest BCUT2D eigenvalue weighted by Crippen LogP contribution is -1.85. The molecular weight excluding hydrogens is 353 g/mol. The van der Waals surface area contributed by atoms with Crippen molar-refractivity contribution in [2.24, 2.45) is 0 Å². The summed E-state index contributed by atoms with van der Waals surface area (Å²) in [5.74, 6) is 0. The quantitative estimate of drug-likeness (QED) is 0.485. The number of rotatable bonds is 2. The van der Waals surface area contributed by atoms with Crippen molar-refractivity contribution < 1.29 is 0 Å². The fourth-order valence-electron chi connectivity index (χ4n) is 1.58. The van der Waals surface area contributed by atoms with E-state index in [-0.39, 0.29) is 0 Å². The first-order valence-electron chi connectivity index (χ1n) is 4.93. The molecule has 2 rings (SSSR count). The Balaban J connectivity index is 2.64. The normalized spacial score (nSPS) is 10.1. The van der Waals surface area contributed by atoms with E-state index >= 15 is 0 Å². The van der Waals surface area contributed by atoms with Gasteiger partial charge in [0.25, 0.3) is 0 Å². The molecule has 2 aromatic rings. The van der Waals surface area contributed by atoms with Gasteiger partial charge in [-0.15, -0.1) is 0 Å². The summed E-state index contributed by atoms with van der Waals surface area (Å²) in [7, 11) is 0. The predicted octanol–water partition coefficient (Wildman–Crippen LogP) is 6.00. The lowest BCUT2D eigenvalue weighted by Gasteiger charge is -2.10. The Morgan fingerprint density at radius 3 is 2.56 bits per heavy atom. The fraction of sp³-hybridized carbons (Fsp3) is 0. The number of halogens is 3. The topological polar surface area (TPSA) is 23.8 Å². The number of benzene rings is 2. The van der Waals surface area contributed by atoms with E-state index in [2.05, 4.69) is 21.3 Å². The van der Waals surface area contributed by atoms with Gasteiger partial charge < -0.3 is 0 Å². The number of hydrogen-bond acceptors (Lipinski definition) is 2. The third-order valence-corrected chi connectivity index (χ3v) is 4.54. The maximum Gasteiger partial charge on any atom is 0.138 e. The van der Waals surface area contributed by atoms with E-state index in [1.54, 1.807) is 12.1 Å². The van der Waals surface area contributed by atoms with Crippen molar-refractivity contribution >= 4 is 50.9 Å². The summed E-state index contributed by atoms with van der Waals surface area (Å²) in [5.41, 5.74) is 1.78. The van der Waals surface area contributed by atoms with E-state index in [1.807, 2.05) is 24.3 Å². The lowest BCUT2D eigenvalue weighted by atomic mass is 10.1. The highest BCUT2D eigenvalue weighted by atomic mass is 79.9. The van der Waals surface area contributed by atoms with Crippen LogP contribution in [0.1, 0.15) is 0 Å². The highest BCUT2D eigenvalue weighted by molar-refractivity contribution is 9.10. The molecule has 0 aliphatic carbocycles. The van der Waals surface area contributed by atoms with Crippen molar-refractivity contribution in [2.75, 3.05) is 0 Å². The summed E-state index contributed by atoms with van der Waals surface area (Å²) >= 11 is 16.6. The third-order valence-electron chi connectivity index (χ3n) is 2.34. The zero-order chi connectivity index (χ0) is 13.1. The maximum absolute atomic E-state index is 8.87. The van der Waals surface area contributed by atoms with E-state index in [0.717, 1.165) is 32.3 Å². The van der Waals surface area contributed by atoms with Crippen molar-refractivity contribution in [1.29, 1.82) is 5.26 Å². The molecule has 0 aromatic heterocycles. The van der Waals surface area contributed by atoms with Crippen LogP contribution in [0, 0.1) is 10.7 Å². The molecule has 0 radical (unpaired) electrons. The number of hydrogen-bond donors (Lipinski definition) is 0. The van der Waals surface area contributed by atoms with E-state index in [4.69, 9.17) is 28.5 Å². The molecule has 0 amide bonds. The SMILES string of the molecule is N#CSc1c(Br)cccc1-c1ccc(Cl)cc1Cl. The molecular formula is C13H6BrCl2NS. The van der Waals surface area contributed by atoms with Gasteiger partial charge in [-0.25, -0.2) is 0 Å². The molecule has 5 heteroatoms. The van der Waals surface area contributed by atoms with Crippen molar-refractivity contribution in [2.45, 2.75) is 4.90 Å². The van der Waals surface area contributed by atoms with Crippen LogP contribution in [0.5, 0.6) is 0 Å². The number of nitrogens with zero attached hydrogens (tertiary/aromatic N) is 1. The minimum atomic E-state index is 0.570. The second-order valence-electron chi connectivity index (χ2n) is 3.43. The van der Waals surface area contributed by atoms with E-state index < -0.39 is 0 Å². The van der Waals surface area contributed by atoms with Gasteiger partial charge in [0.1, 0.15) is 5.40 Å². The Bertz CT molecular complexity index is 637. The molecule has 90 valence electrons. The van der Waals surface area contributed by atoms with Gasteiger partial charge in [-0.1, -0.05) is 41.4 Å². The first kappa shape index (κ1) is 13.8. The minimum absolute atomic E-state index is 0.570. The van der Waals surface area contributed by atoms with E-state index in [0.29, 0.717) is 10.0 Å². The van der Waals surface area contributed by atoms with Crippen molar-refractivity contribution in [3.63, 3.8) is 0 Å². The molecule has 0 heterocycles. The molecule has 0 bridgehead atoms. The van der Waals surface area contributed by atoms with Gasteiger partial charge >= 0.3 is 0 Å². The first-order chi connectivity index (χ1) is 8.63. The molecule has 0 spiro atoms. The van der Waals surface area contributed by atoms with Gasteiger partial charge in [0, 0.05) is 25.0 Å². The summed E-state index contributed by atoms with van der Waals surface area (Å²) in [4.78, 5) is 0.851. The van der Waals surface area contributed by atoms with E-state index in [1.165, 1.54) is 0 Å². The van der Waals surface area contributed by atoms with Crippen LogP contribution in [0.15, 0.2) is 45.8 Å². The molecule has 0 atom stereocenters. The summed E-state index contributed by atoms with van der Waals surface area (Å²) in [6.07, 6.45) is 0. The van der Waals surface area contributed by atoms with Crippen LogP contribution >= 0.6 is 50.9 Å².